The van der Waals surface area contributed by atoms with Gasteiger partial charge in [-0.3, -0.25) is 0 Å². The highest BCUT2D eigenvalue weighted by Crippen LogP contribution is 2.57. The third-order valence-electron chi connectivity index (χ3n) is 4.34. The summed E-state index contributed by atoms with van der Waals surface area (Å²) < 4.78 is 55.4. The third kappa shape index (κ3) is 2.25. The first kappa shape index (κ1) is 14.1. The zero-order chi connectivity index (χ0) is 13.4. The van der Waals surface area contributed by atoms with Crippen molar-refractivity contribution < 1.29 is 22.3 Å². The standard InChI is InChI=1S/C12H19F4NO/c1-2-18-9-6-8(11(9)4-3-5-11)17-7-12(15,16)10(13)14/h8-10,17H,2-7H2,1H3. The quantitative estimate of drug-likeness (QED) is 0.749. The van der Waals surface area contributed by atoms with Gasteiger partial charge < -0.3 is 10.1 Å². The first-order valence-electron chi connectivity index (χ1n) is 6.43. The van der Waals surface area contributed by atoms with Gasteiger partial charge in [-0.2, -0.15) is 8.78 Å². The second-order valence-electron chi connectivity index (χ2n) is 5.26. The molecule has 0 bridgehead atoms. The molecule has 2 saturated carbocycles. The molecule has 1 spiro atoms. The SMILES string of the molecule is CCOC1CC(NCC(F)(F)C(F)F)C12CCC2. The summed E-state index contributed by atoms with van der Waals surface area (Å²) in [6, 6.07) is -0.104. The molecule has 6 heteroatoms. The van der Waals surface area contributed by atoms with Crippen LogP contribution in [-0.2, 0) is 4.74 Å². The topological polar surface area (TPSA) is 21.3 Å². The van der Waals surface area contributed by atoms with E-state index in [2.05, 4.69) is 5.32 Å². The molecular weight excluding hydrogens is 250 g/mol. The molecule has 0 radical (unpaired) electrons. The van der Waals surface area contributed by atoms with E-state index in [-0.39, 0.29) is 17.6 Å². The second kappa shape index (κ2) is 4.96. The lowest BCUT2D eigenvalue weighted by Crippen LogP contribution is -2.68. The molecule has 0 aromatic carbocycles. The summed E-state index contributed by atoms with van der Waals surface area (Å²) in [5, 5.41) is 2.61. The van der Waals surface area contributed by atoms with Crippen molar-refractivity contribution in [2.45, 2.75) is 57.1 Å². The van der Waals surface area contributed by atoms with E-state index in [1.807, 2.05) is 6.92 Å². The maximum atomic E-state index is 12.8. The number of hydrogen-bond acceptors (Lipinski definition) is 2. The summed E-state index contributed by atoms with van der Waals surface area (Å²) in [7, 11) is 0. The van der Waals surface area contributed by atoms with Crippen molar-refractivity contribution in [3.05, 3.63) is 0 Å². The average molecular weight is 269 g/mol. The van der Waals surface area contributed by atoms with Crippen molar-refractivity contribution in [3.8, 4) is 0 Å². The highest BCUT2D eigenvalue weighted by atomic mass is 19.3. The predicted molar refractivity (Wildman–Crippen MR) is 59.1 cm³/mol. The van der Waals surface area contributed by atoms with E-state index in [9.17, 15) is 17.6 Å². The van der Waals surface area contributed by atoms with E-state index in [1.54, 1.807) is 0 Å². The molecule has 0 aromatic rings. The van der Waals surface area contributed by atoms with Crippen LogP contribution in [0.4, 0.5) is 17.6 Å². The lowest BCUT2D eigenvalue weighted by Gasteiger charge is -2.61. The molecule has 2 fully saturated rings. The molecule has 0 amide bonds. The van der Waals surface area contributed by atoms with Gasteiger partial charge in [0.1, 0.15) is 0 Å². The minimum atomic E-state index is -3.94. The molecule has 0 saturated heterocycles. The largest absolute Gasteiger partial charge is 0.378 e. The maximum absolute atomic E-state index is 12.8. The normalized spacial score (nSPS) is 30.3. The van der Waals surface area contributed by atoms with Gasteiger partial charge in [0.15, 0.2) is 0 Å². The van der Waals surface area contributed by atoms with Gasteiger partial charge in [0.25, 0.3) is 0 Å². The first-order chi connectivity index (χ1) is 8.42. The Morgan fingerprint density at radius 2 is 2.06 bits per heavy atom. The summed E-state index contributed by atoms with van der Waals surface area (Å²) >= 11 is 0. The summed E-state index contributed by atoms with van der Waals surface area (Å²) in [6.07, 6.45) is 0.0877. The van der Waals surface area contributed by atoms with Crippen molar-refractivity contribution in [2.75, 3.05) is 13.2 Å². The van der Waals surface area contributed by atoms with Crippen LogP contribution in [0.2, 0.25) is 0 Å². The third-order valence-corrected chi connectivity index (χ3v) is 4.34. The monoisotopic (exact) mass is 269 g/mol. The fourth-order valence-electron chi connectivity index (χ4n) is 3.06. The fraction of sp³-hybridized carbons (Fsp3) is 1.00. The van der Waals surface area contributed by atoms with Crippen molar-refractivity contribution in [2.24, 2.45) is 5.41 Å². The summed E-state index contributed by atoms with van der Waals surface area (Å²) in [5.74, 6) is -3.94. The Hall–Kier alpha value is -0.360. The number of hydrogen-bond donors (Lipinski definition) is 1. The van der Waals surface area contributed by atoms with Crippen LogP contribution in [0.3, 0.4) is 0 Å². The Bertz CT molecular complexity index is 294. The highest BCUT2D eigenvalue weighted by molar-refractivity contribution is 5.12. The van der Waals surface area contributed by atoms with Crippen molar-refractivity contribution in [1.29, 1.82) is 0 Å². The Morgan fingerprint density at radius 1 is 1.39 bits per heavy atom. The molecule has 0 aromatic heterocycles. The van der Waals surface area contributed by atoms with Crippen LogP contribution in [0.1, 0.15) is 32.6 Å². The molecule has 0 aliphatic heterocycles. The lowest BCUT2D eigenvalue weighted by molar-refractivity contribution is -0.182. The zero-order valence-electron chi connectivity index (χ0n) is 10.4. The first-order valence-corrected chi connectivity index (χ1v) is 6.43. The number of halogens is 4. The Balaban J connectivity index is 1.85. The predicted octanol–water partition coefficient (Wildman–Crippen LogP) is 2.82. The molecule has 18 heavy (non-hydrogen) atoms. The minimum absolute atomic E-state index is 0.0752. The number of alkyl halides is 4. The van der Waals surface area contributed by atoms with E-state index in [0.717, 1.165) is 19.3 Å². The maximum Gasteiger partial charge on any atom is 0.319 e. The molecule has 2 rings (SSSR count). The van der Waals surface area contributed by atoms with Gasteiger partial charge in [0, 0.05) is 18.1 Å². The fourth-order valence-corrected chi connectivity index (χ4v) is 3.06. The van der Waals surface area contributed by atoms with Crippen molar-refractivity contribution in [3.63, 3.8) is 0 Å². The molecule has 2 aliphatic rings. The summed E-state index contributed by atoms with van der Waals surface area (Å²) in [5.41, 5.74) is -0.0752. The van der Waals surface area contributed by atoms with Crippen LogP contribution in [-0.4, -0.2) is 37.6 Å². The van der Waals surface area contributed by atoms with Crippen molar-refractivity contribution >= 4 is 0 Å². The number of rotatable bonds is 6. The van der Waals surface area contributed by atoms with Gasteiger partial charge in [-0.1, -0.05) is 6.42 Å². The van der Waals surface area contributed by atoms with Gasteiger partial charge >= 0.3 is 12.3 Å². The van der Waals surface area contributed by atoms with Crippen LogP contribution in [0.25, 0.3) is 0 Å². The molecular formula is C12H19F4NO. The highest BCUT2D eigenvalue weighted by Gasteiger charge is 2.59. The van der Waals surface area contributed by atoms with Gasteiger partial charge in [0.2, 0.25) is 0 Å². The minimum Gasteiger partial charge on any atom is -0.378 e. The molecule has 2 atom stereocenters. The van der Waals surface area contributed by atoms with Gasteiger partial charge in [-0.15, -0.1) is 0 Å². The molecule has 0 heterocycles. The molecule has 2 aliphatic carbocycles. The van der Waals surface area contributed by atoms with Crippen LogP contribution in [0, 0.1) is 5.41 Å². The van der Waals surface area contributed by atoms with Crippen LogP contribution < -0.4 is 5.32 Å². The van der Waals surface area contributed by atoms with Crippen LogP contribution >= 0.6 is 0 Å². The van der Waals surface area contributed by atoms with Gasteiger partial charge in [-0.05, 0) is 26.2 Å². The Kier molecular flexibility index (Phi) is 3.88. The smallest absolute Gasteiger partial charge is 0.319 e. The van der Waals surface area contributed by atoms with E-state index in [0.29, 0.717) is 13.0 Å². The molecule has 1 N–H and O–H groups in total. The Morgan fingerprint density at radius 3 is 2.50 bits per heavy atom. The molecule has 2 nitrogen and oxygen atoms in total. The van der Waals surface area contributed by atoms with Gasteiger partial charge in [-0.25, -0.2) is 8.78 Å². The number of ether oxygens (including phenoxy) is 1. The average Bonchev–Trinajstić information content (AvgIpc) is 2.19. The van der Waals surface area contributed by atoms with E-state index < -0.39 is 18.9 Å². The lowest BCUT2D eigenvalue weighted by atomic mass is 9.51. The zero-order valence-corrected chi connectivity index (χ0v) is 10.4. The molecule has 106 valence electrons. The number of nitrogens with one attached hydrogen (secondary N) is 1. The molecule has 2 unspecified atom stereocenters. The van der Waals surface area contributed by atoms with Crippen molar-refractivity contribution in [1.82, 2.24) is 5.32 Å². The van der Waals surface area contributed by atoms with Crippen LogP contribution in [0.5, 0.6) is 0 Å². The van der Waals surface area contributed by atoms with Crippen LogP contribution in [0.15, 0.2) is 0 Å². The van der Waals surface area contributed by atoms with E-state index >= 15 is 0 Å². The Labute approximate surface area is 104 Å². The second-order valence-corrected chi connectivity index (χ2v) is 5.26. The van der Waals surface area contributed by atoms with E-state index in [1.165, 1.54) is 0 Å². The summed E-state index contributed by atoms with van der Waals surface area (Å²) in [6.45, 7) is 1.56. The van der Waals surface area contributed by atoms with Gasteiger partial charge in [0.05, 0.1) is 12.6 Å². The van der Waals surface area contributed by atoms with E-state index in [4.69, 9.17) is 4.74 Å². The summed E-state index contributed by atoms with van der Waals surface area (Å²) in [4.78, 5) is 0.